The summed E-state index contributed by atoms with van der Waals surface area (Å²) >= 11 is 7.41. The molecule has 1 atom stereocenters. The number of benzene rings is 2. The van der Waals surface area contributed by atoms with Gasteiger partial charge in [0.2, 0.25) is 11.8 Å². The highest BCUT2D eigenvalue weighted by Crippen LogP contribution is 2.19. The van der Waals surface area contributed by atoms with Crippen LogP contribution in [-0.2, 0) is 21.9 Å². The molecule has 0 unspecified atom stereocenters. The third-order valence-electron chi connectivity index (χ3n) is 4.53. The predicted octanol–water partition coefficient (Wildman–Crippen LogP) is 4.90. The lowest BCUT2D eigenvalue weighted by Crippen LogP contribution is -2.48. The van der Waals surface area contributed by atoms with Crippen molar-refractivity contribution in [3.05, 3.63) is 70.5 Å². The van der Waals surface area contributed by atoms with Crippen LogP contribution in [0.4, 0.5) is 4.39 Å². The molecule has 0 fully saturated rings. The summed E-state index contributed by atoms with van der Waals surface area (Å²) in [6.45, 7) is 6.57. The van der Waals surface area contributed by atoms with E-state index in [2.05, 4.69) is 5.32 Å². The van der Waals surface area contributed by atoms with Gasteiger partial charge in [0.15, 0.2) is 0 Å². The Labute approximate surface area is 187 Å². The highest BCUT2D eigenvalue weighted by atomic mass is 35.5. The van der Waals surface area contributed by atoms with E-state index in [-0.39, 0.29) is 29.9 Å². The minimum Gasteiger partial charge on any atom is -0.354 e. The van der Waals surface area contributed by atoms with Crippen LogP contribution < -0.4 is 5.32 Å². The smallest absolute Gasteiger partial charge is 0.242 e. The molecule has 1 N–H and O–H groups in total. The summed E-state index contributed by atoms with van der Waals surface area (Å²) in [7, 11) is 0. The van der Waals surface area contributed by atoms with Crippen molar-refractivity contribution in [3.8, 4) is 0 Å². The summed E-state index contributed by atoms with van der Waals surface area (Å²) in [6.07, 6.45) is 0. The molecule has 162 valence electrons. The molecule has 0 saturated heterocycles. The average Bonchev–Trinajstić information content (AvgIpc) is 2.71. The zero-order valence-corrected chi connectivity index (χ0v) is 19.1. The van der Waals surface area contributed by atoms with Gasteiger partial charge in [-0.3, -0.25) is 9.59 Å². The quantitative estimate of drug-likeness (QED) is 0.560. The van der Waals surface area contributed by atoms with Gasteiger partial charge < -0.3 is 10.2 Å². The number of carbonyl (C=O) groups is 2. The Balaban J connectivity index is 2.07. The van der Waals surface area contributed by atoms with Gasteiger partial charge in [-0.2, -0.15) is 0 Å². The molecule has 0 aliphatic heterocycles. The Kier molecular flexibility index (Phi) is 9.66. The molecule has 0 bridgehead atoms. The Morgan fingerprint density at radius 3 is 2.53 bits per heavy atom. The number of thioether (sulfide) groups is 1. The molecule has 2 aromatic carbocycles. The maximum atomic E-state index is 13.8. The minimum absolute atomic E-state index is 0.150. The van der Waals surface area contributed by atoms with Crippen molar-refractivity contribution in [3.63, 3.8) is 0 Å². The van der Waals surface area contributed by atoms with Crippen molar-refractivity contribution in [1.82, 2.24) is 10.2 Å². The highest BCUT2D eigenvalue weighted by Gasteiger charge is 2.26. The third kappa shape index (κ3) is 7.65. The van der Waals surface area contributed by atoms with Crippen LogP contribution in [0.2, 0.25) is 5.02 Å². The second kappa shape index (κ2) is 12.0. The number of halogens is 2. The molecule has 0 radical (unpaired) electrons. The van der Waals surface area contributed by atoms with Gasteiger partial charge in [0.05, 0.1) is 5.75 Å². The van der Waals surface area contributed by atoms with Crippen molar-refractivity contribution in [2.75, 3.05) is 12.3 Å². The van der Waals surface area contributed by atoms with Gasteiger partial charge in [0.25, 0.3) is 0 Å². The fourth-order valence-corrected chi connectivity index (χ4v) is 3.92. The molecule has 0 spiro atoms. The lowest BCUT2D eigenvalue weighted by atomic mass is 10.1. The Morgan fingerprint density at radius 2 is 1.87 bits per heavy atom. The number of nitrogens with one attached hydrogen (secondary N) is 1. The molecule has 30 heavy (non-hydrogen) atoms. The first-order valence-corrected chi connectivity index (χ1v) is 11.4. The molecule has 0 aliphatic carbocycles. The van der Waals surface area contributed by atoms with E-state index >= 15 is 0 Å². The standard InChI is InChI=1S/C23H28ClFN2O2S/c1-16(2)12-26-23(29)17(3)27(13-18-7-6-9-20(24)11-18)22(28)15-30-14-19-8-4-5-10-21(19)25/h4-11,16-17H,12-15H2,1-3H3,(H,26,29)/t17-/m1/s1. The predicted molar refractivity (Wildman–Crippen MR) is 122 cm³/mol. The summed E-state index contributed by atoms with van der Waals surface area (Å²) in [4.78, 5) is 27.1. The largest absolute Gasteiger partial charge is 0.354 e. The Morgan fingerprint density at radius 1 is 1.13 bits per heavy atom. The number of nitrogens with zero attached hydrogens (tertiary/aromatic N) is 1. The lowest BCUT2D eigenvalue weighted by Gasteiger charge is -2.29. The molecular formula is C23H28ClFN2O2S. The van der Waals surface area contributed by atoms with Crippen LogP contribution in [0.15, 0.2) is 48.5 Å². The molecule has 0 saturated carbocycles. The first kappa shape index (κ1) is 24.2. The molecular weight excluding hydrogens is 423 g/mol. The monoisotopic (exact) mass is 450 g/mol. The van der Waals surface area contributed by atoms with Crippen LogP contribution in [0.3, 0.4) is 0 Å². The van der Waals surface area contributed by atoms with Crippen LogP contribution in [0, 0.1) is 11.7 Å². The first-order chi connectivity index (χ1) is 14.3. The van der Waals surface area contributed by atoms with E-state index in [1.54, 1.807) is 42.2 Å². The molecule has 2 rings (SSSR count). The fraction of sp³-hybridized carbons (Fsp3) is 0.391. The van der Waals surface area contributed by atoms with Crippen LogP contribution in [0.1, 0.15) is 31.9 Å². The highest BCUT2D eigenvalue weighted by molar-refractivity contribution is 7.99. The number of carbonyl (C=O) groups excluding carboxylic acids is 2. The van der Waals surface area contributed by atoms with Crippen molar-refractivity contribution in [2.45, 2.75) is 39.1 Å². The zero-order valence-electron chi connectivity index (χ0n) is 17.5. The third-order valence-corrected chi connectivity index (χ3v) is 5.74. The number of hydrogen-bond acceptors (Lipinski definition) is 3. The van der Waals surface area contributed by atoms with E-state index in [0.29, 0.717) is 28.8 Å². The average molecular weight is 451 g/mol. The molecule has 4 nitrogen and oxygen atoms in total. The second-order valence-electron chi connectivity index (χ2n) is 7.55. The van der Waals surface area contributed by atoms with Crippen LogP contribution in [0.5, 0.6) is 0 Å². The van der Waals surface area contributed by atoms with Gasteiger partial charge >= 0.3 is 0 Å². The van der Waals surface area contributed by atoms with E-state index < -0.39 is 6.04 Å². The van der Waals surface area contributed by atoms with Crippen LogP contribution >= 0.6 is 23.4 Å². The SMILES string of the molecule is CC(C)CNC(=O)[C@@H](C)N(Cc1cccc(Cl)c1)C(=O)CSCc1ccccc1F. The van der Waals surface area contributed by atoms with Gasteiger partial charge in [-0.15, -0.1) is 11.8 Å². The number of amides is 2. The first-order valence-electron chi connectivity index (χ1n) is 9.90. The Hall–Kier alpha value is -2.05. The molecule has 0 aromatic heterocycles. The molecule has 2 amide bonds. The number of rotatable bonds is 10. The van der Waals surface area contributed by atoms with Crippen LogP contribution in [0.25, 0.3) is 0 Å². The Bertz CT molecular complexity index is 863. The van der Waals surface area contributed by atoms with E-state index in [9.17, 15) is 14.0 Å². The van der Waals surface area contributed by atoms with E-state index in [1.165, 1.54) is 17.8 Å². The second-order valence-corrected chi connectivity index (χ2v) is 8.97. The normalized spacial score (nSPS) is 11.9. The van der Waals surface area contributed by atoms with Gasteiger partial charge in [-0.05, 0) is 42.2 Å². The fourth-order valence-electron chi connectivity index (χ4n) is 2.81. The van der Waals surface area contributed by atoms with Gasteiger partial charge in [0.1, 0.15) is 11.9 Å². The van der Waals surface area contributed by atoms with E-state index in [0.717, 1.165) is 5.56 Å². The van der Waals surface area contributed by atoms with Crippen molar-refractivity contribution < 1.29 is 14.0 Å². The summed E-state index contributed by atoms with van der Waals surface area (Å²) in [5.74, 6) is 0.194. The maximum absolute atomic E-state index is 13.8. The zero-order chi connectivity index (χ0) is 22.1. The topological polar surface area (TPSA) is 49.4 Å². The van der Waals surface area contributed by atoms with Gasteiger partial charge in [-0.1, -0.05) is 55.8 Å². The lowest BCUT2D eigenvalue weighted by molar-refractivity contribution is -0.138. The minimum atomic E-state index is -0.635. The maximum Gasteiger partial charge on any atom is 0.242 e. The van der Waals surface area contributed by atoms with E-state index in [1.807, 2.05) is 26.0 Å². The van der Waals surface area contributed by atoms with Crippen LogP contribution in [-0.4, -0.2) is 35.1 Å². The summed E-state index contributed by atoms with van der Waals surface area (Å²) in [6, 6.07) is 13.1. The summed E-state index contributed by atoms with van der Waals surface area (Å²) < 4.78 is 13.8. The summed E-state index contributed by atoms with van der Waals surface area (Å²) in [5.41, 5.74) is 1.40. The van der Waals surface area contributed by atoms with Gasteiger partial charge in [-0.25, -0.2) is 4.39 Å². The molecule has 0 aliphatic rings. The van der Waals surface area contributed by atoms with Gasteiger partial charge in [0, 0.05) is 23.9 Å². The van der Waals surface area contributed by atoms with Crippen molar-refractivity contribution in [1.29, 1.82) is 0 Å². The van der Waals surface area contributed by atoms with E-state index in [4.69, 9.17) is 11.6 Å². The summed E-state index contributed by atoms with van der Waals surface area (Å²) in [5, 5.41) is 3.46. The van der Waals surface area contributed by atoms with Crippen molar-refractivity contribution >= 4 is 35.2 Å². The molecule has 0 heterocycles. The molecule has 2 aromatic rings. The molecule has 7 heteroatoms. The number of hydrogen-bond donors (Lipinski definition) is 1. The van der Waals surface area contributed by atoms with Crippen molar-refractivity contribution in [2.24, 2.45) is 5.92 Å².